The van der Waals surface area contributed by atoms with Gasteiger partial charge in [0.25, 0.3) is 0 Å². The molecule has 1 aromatic carbocycles. The van der Waals surface area contributed by atoms with E-state index in [9.17, 15) is 0 Å². The van der Waals surface area contributed by atoms with E-state index in [1.165, 1.54) is 0 Å². The topological polar surface area (TPSA) is 127 Å². The maximum Gasteiger partial charge on any atom is 0.368 e. The van der Waals surface area contributed by atoms with Gasteiger partial charge in [-0.2, -0.15) is 0 Å². The Labute approximate surface area is 81.3 Å². The van der Waals surface area contributed by atoms with Crippen LogP contribution in [0.4, 0.5) is 5.69 Å². The number of benzene rings is 1. The number of hydrogen-bond donors (Lipinski definition) is 3. The van der Waals surface area contributed by atoms with Gasteiger partial charge >= 0.3 is 20.1 Å². The zero-order valence-electron chi connectivity index (χ0n) is 6.51. The molecule has 7 heteroatoms. The fourth-order valence-electron chi connectivity index (χ4n) is 0.534. The minimum Gasteiger partial charge on any atom is -0.324 e. The molecule has 0 spiro atoms. The first-order valence-corrected chi connectivity index (χ1v) is 6.69. The lowest BCUT2D eigenvalue weighted by Crippen LogP contribution is -4.23. The number of nitrogens with two attached hydrogens (primary N) is 1. The van der Waals surface area contributed by atoms with Gasteiger partial charge in [-0.1, -0.05) is 18.2 Å². The van der Waals surface area contributed by atoms with Crippen molar-refractivity contribution in [3.63, 3.8) is 0 Å². The van der Waals surface area contributed by atoms with Crippen molar-refractivity contribution in [2.75, 3.05) is 5.43 Å². The van der Waals surface area contributed by atoms with Crippen molar-refractivity contribution in [1.82, 2.24) is 0 Å². The van der Waals surface area contributed by atoms with Crippen molar-refractivity contribution < 1.29 is 33.8 Å². The van der Waals surface area contributed by atoms with E-state index in [2.05, 4.69) is 5.43 Å². The minimum atomic E-state index is -5.69. The van der Waals surface area contributed by atoms with Crippen molar-refractivity contribution in [2.24, 2.45) is 5.84 Å². The summed E-state index contributed by atoms with van der Waals surface area (Å²) in [5.74, 6) is 5.10. The second-order valence-corrected chi connectivity index (χ2v) is 4.17. The number of rotatable bonds is 1. The minimum absolute atomic E-state index is 0.938. The number of nitrogens with one attached hydrogen (secondary N) is 1. The van der Waals surface area contributed by atoms with Gasteiger partial charge < -0.3 is 5.43 Å². The standard InChI is InChI=1S/C6H8N2.HIO4/c7-8-6-4-2-1-3-5-6;2-1(3,4)5/h1-5,8H,7H2;2H. The Hall–Kier alpha value is -0.450. The molecule has 0 radical (unpaired) electrons. The Balaban J connectivity index is 0.000000252. The molecule has 13 heavy (non-hydrogen) atoms. The summed E-state index contributed by atoms with van der Waals surface area (Å²) in [6, 6.07) is 9.60. The highest BCUT2D eigenvalue weighted by Gasteiger charge is 2.11. The highest BCUT2D eigenvalue weighted by molar-refractivity contribution is 5.40. The van der Waals surface area contributed by atoms with Crippen LogP contribution in [0.2, 0.25) is 0 Å². The molecule has 0 amide bonds. The zero-order valence-corrected chi connectivity index (χ0v) is 8.67. The van der Waals surface area contributed by atoms with E-state index in [-0.39, 0.29) is 0 Å². The maximum absolute atomic E-state index is 8.73. The lowest BCUT2D eigenvalue weighted by atomic mass is 10.3. The molecule has 0 aromatic heterocycles. The third-order valence-electron chi connectivity index (χ3n) is 0.940. The summed E-state index contributed by atoms with van der Waals surface area (Å²) >= 11 is -5.69. The van der Waals surface area contributed by atoms with Crippen LogP contribution in [0.1, 0.15) is 0 Å². The fraction of sp³-hybridized carbons (Fsp3) is 0. The van der Waals surface area contributed by atoms with E-state index in [0.29, 0.717) is 0 Å². The fourth-order valence-corrected chi connectivity index (χ4v) is 0.534. The summed E-state index contributed by atoms with van der Waals surface area (Å²) in [4.78, 5) is 0. The summed E-state index contributed by atoms with van der Waals surface area (Å²) in [5.41, 5.74) is 3.46. The Morgan fingerprint density at radius 3 is 1.77 bits per heavy atom. The van der Waals surface area contributed by atoms with Crippen molar-refractivity contribution in [3.8, 4) is 0 Å². The van der Waals surface area contributed by atoms with Gasteiger partial charge in [-0.05, 0) is 12.1 Å². The number of nitrogen functional groups attached to an aromatic ring is 1. The van der Waals surface area contributed by atoms with Crippen LogP contribution in [0.5, 0.6) is 0 Å². The van der Waals surface area contributed by atoms with Gasteiger partial charge in [0.15, 0.2) is 0 Å². The summed E-state index contributed by atoms with van der Waals surface area (Å²) in [6.07, 6.45) is 0. The second kappa shape index (κ2) is 6.07. The largest absolute Gasteiger partial charge is 0.368 e. The second-order valence-electron chi connectivity index (χ2n) is 1.91. The molecule has 0 aliphatic rings. The summed E-state index contributed by atoms with van der Waals surface area (Å²) in [6.45, 7) is 0. The van der Waals surface area contributed by atoms with E-state index in [1.54, 1.807) is 0 Å². The Bertz CT molecular complexity index is 220. The molecule has 0 fully saturated rings. The highest BCUT2D eigenvalue weighted by Crippen LogP contribution is 2.00. The summed E-state index contributed by atoms with van der Waals surface area (Å²) in [5, 5.41) is 0. The zero-order chi connectivity index (χ0) is 10.3. The van der Waals surface area contributed by atoms with Gasteiger partial charge in [-0.15, -0.1) is 0 Å². The molecular weight excluding hydrogens is 291 g/mol. The van der Waals surface area contributed by atoms with Crippen molar-refractivity contribution in [1.29, 1.82) is 0 Å². The van der Waals surface area contributed by atoms with Crippen molar-refractivity contribution in [3.05, 3.63) is 30.3 Å². The smallest absolute Gasteiger partial charge is 0.324 e. The maximum atomic E-state index is 8.73. The molecule has 0 unspecified atom stereocenters. The monoisotopic (exact) mass is 300 g/mol. The van der Waals surface area contributed by atoms with Crippen LogP contribution in [0.15, 0.2) is 30.3 Å². The third-order valence-corrected chi connectivity index (χ3v) is 0.940. The molecule has 1 aromatic rings. The molecule has 0 heterocycles. The van der Waals surface area contributed by atoms with Gasteiger partial charge in [0.2, 0.25) is 0 Å². The predicted octanol–water partition coefficient (Wildman–Crippen LogP) is -6.15. The molecule has 0 saturated carbocycles. The van der Waals surface area contributed by atoms with Crippen molar-refractivity contribution in [2.45, 2.75) is 0 Å². The van der Waals surface area contributed by atoms with E-state index in [1.807, 2.05) is 30.3 Å². The highest BCUT2D eigenvalue weighted by atomic mass is 127. The number of hydrazine groups is 1. The van der Waals surface area contributed by atoms with Gasteiger partial charge in [0.1, 0.15) is 0 Å². The van der Waals surface area contributed by atoms with E-state index >= 15 is 0 Å². The number of hydrogen-bond acceptors (Lipinski definition) is 6. The first-order chi connectivity index (χ1) is 5.93. The van der Waals surface area contributed by atoms with Crippen LogP contribution < -0.4 is 41.7 Å². The average Bonchev–Trinajstić information content (AvgIpc) is 2.03. The van der Waals surface area contributed by atoms with Crippen LogP contribution in [-0.2, 0) is 0 Å². The van der Waals surface area contributed by atoms with Gasteiger partial charge in [-0.25, -0.2) is 0 Å². The van der Waals surface area contributed by atoms with Crippen LogP contribution in [0, 0.1) is 0 Å². The number of anilines is 1. The van der Waals surface area contributed by atoms with Crippen molar-refractivity contribution >= 4 is 5.69 Å². The molecule has 0 aliphatic heterocycles. The quantitative estimate of drug-likeness (QED) is 0.269. The lowest BCUT2D eigenvalue weighted by molar-refractivity contribution is -1.92. The first-order valence-electron chi connectivity index (χ1n) is 3.08. The molecule has 0 atom stereocenters. The Morgan fingerprint density at radius 2 is 1.54 bits per heavy atom. The first kappa shape index (κ1) is 12.6. The van der Waals surface area contributed by atoms with E-state index in [0.717, 1.165) is 5.69 Å². The van der Waals surface area contributed by atoms with E-state index in [4.69, 9.17) is 19.6 Å². The molecule has 6 nitrogen and oxygen atoms in total. The van der Waals surface area contributed by atoms with Gasteiger partial charge in [-0.3, -0.25) is 16.2 Å². The number of para-hydroxylation sites is 1. The molecule has 1 rings (SSSR count). The Morgan fingerprint density at radius 1 is 1.15 bits per heavy atom. The predicted molar refractivity (Wildman–Crippen MR) is 36.5 cm³/mol. The lowest BCUT2D eigenvalue weighted by Gasteiger charge is -1.94. The molecule has 0 aliphatic carbocycles. The van der Waals surface area contributed by atoms with Crippen LogP contribution in [0.3, 0.4) is 0 Å². The third kappa shape index (κ3) is 11.5. The van der Waals surface area contributed by atoms with E-state index < -0.39 is 20.1 Å². The van der Waals surface area contributed by atoms with Crippen LogP contribution in [-0.4, -0.2) is 3.44 Å². The van der Waals surface area contributed by atoms with Crippen LogP contribution >= 0.6 is 0 Å². The van der Waals surface area contributed by atoms with Gasteiger partial charge in [0.05, 0.1) is 0 Å². The normalized spacial score (nSPS) is 9.92. The molecule has 0 saturated heterocycles. The summed E-state index contributed by atoms with van der Waals surface area (Å²) < 4.78 is 33.2. The number of halogens is 1. The Kier molecular flexibility index (Phi) is 5.86. The molecular formula is C6H9IN2O4. The average molecular weight is 300 g/mol. The SMILES string of the molecule is NNc1ccccc1.[O-][I+3]([O-])([O-])O. The van der Waals surface area contributed by atoms with Gasteiger partial charge in [0, 0.05) is 9.12 Å². The van der Waals surface area contributed by atoms with Crippen LogP contribution in [0.25, 0.3) is 0 Å². The molecule has 74 valence electrons. The molecule has 4 N–H and O–H groups in total. The summed E-state index contributed by atoms with van der Waals surface area (Å²) in [7, 11) is 0. The molecule has 0 bridgehead atoms.